The van der Waals surface area contributed by atoms with Crippen molar-refractivity contribution in [2.24, 2.45) is 0 Å². The number of carbonyl (C=O) groups excluding carboxylic acids is 1. The highest BCUT2D eigenvalue weighted by Crippen LogP contribution is 2.15. The van der Waals surface area contributed by atoms with E-state index in [-0.39, 0.29) is 31.2 Å². The van der Waals surface area contributed by atoms with Crippen molar-refractivity contribution in [2.75, 3.05) is 6.61 Å². The Bertz CT molecular complexity index is 655. The Hall–Kier alpha value is -2.48. The molecule has 8 nitrogen and oxygen atoms in total. The van der Waals surface area contributed by atoms with Crippen molar-refractivity contribution in [3.63, 3.8) is 0 Å². The molecule has 1 fully saturated rings. The van der Waals surface area contributed by atoms with E-state index in [0.29, 0.717) is 5.82 Å². The van der Waals surface area contributed by atoms with Gasteiger partial charge in [0.05, 0.1) is 12.1 Å². The average molecular weight is 331 g/mol. The molecule has 2 heterocycles. The van der Waals surface area contributed by atoms with Gasteiger partial charge in [-0.1, -0.05) is 18.2 Å². The third-order valence-electron chi connectivity index (χ3n) is 3.80. The zero-order valence-electron chi connectivity index (χ0n) is 13.6. The van der Waals surface area contributed by atoms with Gasteiger partial charge in [0.25, 0.3) is 0 Å². The number of carbonyl (C=O) groups is 1. The highest BCUT2D eigenvalue weighted by Gasteiger charge is 2.23. The molecule has 1 amide bonds. The Morgan fingerprint density at radius 2 is 2.29 bits per heavy atom. The molecular weight excluding hydrogens is 310 g/mol. The van der Waals surface area contributed by atoms with Gasteiger partial charge in [-0.25, -0.2) is 0 Å². The maximum atomic E-state index is 12.0. The first-order valence-corrected chi connectivity index (χ1v) is 8.06. The maximum absolute atomic E-state index is 12.0. The van der Waals surface area contributed by atoms with Crippen LogP contribution >= 0.6 is 0 Å². The van der Waals surface area contributed by atoms with Gasteiger partial charge >= 0.3 is 0 Å². The summed E-state index contributed by atoms with van der Waals surface area (Å²) in [5.74, 6) is 1.00. The van der Waals surface area contributed by atoms with Crippen LogP contribution in [-0.4, -0.2) is 44.9 Å². The highest BCUT2D eigenvalue weighted by molar-refractivity contribution is 5.75. The third kappa shape index (κ3) is 4.51. The van der Waals surface area contributed by atoms with Crippen LogP contribution in [-0.2, 0) is 22.7 Å². The number of hydrogen-bond acceptors (Lipinski definition) is 6. The zero-order valence-corrected chi connectivity index (χ0v) is 13.6. The Morgan fingerprint density at radius 3 is 3.04 bits per heavy atom. The second-order valence-electron chi connectivity index (χ2n) is 5.75. The predicted molar refractivity (Wildman–Crippen MR) is 85.2 cm³/mol. The number of para-hydroxylation sites is 1. The fourth-order valence-electron chi connectivity index (χ4n) is 2.58. The minimum atomic E-state index is -0.161. The molecule has 1 aromatic heterocycles. The Balaban J connectivity index is 1.45. The van der Waals surface area contributed by atoms with Crippen LogP contribution in [0.15, 0.2) is 30.3 Å². The largest absolute Gasteiger partial charge is 0.485 e. The van der Waals surface area contributed by atoms with E-state index in [4.69, 9.17) is 9.47 Å². The topological polar surface area (TPSA) is 91.2 Å². The second-order valence-corrected chi connectivity index (χ2v) is 5.75. The number of nitrogens with one attached hydrogen (secondary N) is 1. The number of ether oxygens (including phenoxy) is 2. The van der Waals surface area contributed by atoms with Crippen molar-refractivity contribution in [1.82, 2.24) is 25.5 Å². The number of aromatic nitrogens is 4. The Morgan fingerprint density at radius 1 is 1.46 bits per heavy atom. The zero-order chi connectivity index (χ0) is 16.8. The van der Waals surface area contributed by atoms with Gasteiger partial charge in [-0.3, -0.25) is 4.79 Å². The van der Waals surface area contributed by atoms with Gasteiger partial charge in [0, 0.05) is 6.61 Å². The molecule has 8 heteroatoms. The molecule has 1 saturated heterocycles. The summed E-state index contributed by atoms with van der Waals surface area (Å²) in [5, 5.41) is 14.8. The van der Waals surface area contributed by atoms with E-state index < -0.39 is 0 Å². The van der Waals surface area contributed by atoms with Crippen LogP contribution in [0.5, 0.6) is 5.75 Å². The molecule has 3 rings (SSSR count). The number of tetrazole rings is 1. The first-order chi connectivity index (χ1) is 11.7. The molecule has 128 valence electrons. The number of amides is 1. The van der Waals surface area contributed by atoms with Crippen LogP contribution < -0.4 is 10.1 Å². The molecular formula is C16H21N5O3. The van der Waals surface area contributed by atoms with Gasteiger partial charge in [0.2, 0.25) is 11.7 Å². The number of benzene rings is 1. The second kappa shape index (κ2) is 7.87. The molecule has 0 spiro atoms. The molecule has 0 aliphatic carbocycles. The molecule has 1 aliphatic rings. The average Bonchev–Trinajstić information content (AvgIpc) is 3.25. The van der Waals surface area contributed by atoms with Crippen LogP contribution in [0, 0.1) is 0 Å². The summed E-state index contributed by atoms with van der Waals surface area (Å²) in [6.45, 7) is 2.94. The monoisotopic (exact) mass is 331 g/mol. The molecule has 24 heavy (non-hydrogen) atoms. The maximum Gasteiger partial charge on any atom is 0.243 e. The quantitative estimate of drug-likeness (QED) is 0.812. The fraction of sp³-hybridized carbons (Fsp3) is 0.500. The van der Waals surface area contributed by atoms with Crippen LogP contribution in [0.1, 0.15) is 25.6 Å². The molecule has 0 radical (unpaired) electrons. The van der Waals surface area contributed by atoms with Gasteiger partial charge in [0.15, 0.2) is 6.61 Å². The van der Waals surface area contributed by atoms with Crippen molar-refractivity contribution >= 4 is 5.91 Å². The van der Waals surface area contributed by atoms with Crippen LogP contribution in [0.3, 0.4) is 0 Å². The van der Waals surface area contributed by atoms with Crippen molar-refractivity contribution < 1.29 is 14.3 Å². The minimum Gasteiger partial charge on any atom is -0.485 e. The molecule has 0 saturated carbocycles. The molecule has 2 atom stereocenters. The summed E-state index contributed by atoms with van der Waals surface area (Å²) < 4.78 is 11.1. The van der Waals surface area contributed by atoms with Crippen molar-refractivity contribution in [2.45, 2.75) is 45.1 Å². The lowest BCUT2D eigenvalue weighted by molar-refractivity contribution is -0.123. The summed E-state index contributed by atoms with van der Waals surface area (Å²) in [4.78, 5) is 13.3. The van der Waals surface area contributed by atoms with Crippen molar-refractivity contribution in [1.29, 1.82) is 0 Å². The van der Waals surface area contributed by atoms with Gasteiger partial charge in [-0.15, -0.1) is 10.2 Å². The van der Waals surface area contributed by atoms with Crippen LogP contribution in [0.2, 0.25) is 0 Å². The number of rotatable bonds is 7. The molecule has 1 aromatic carbocycles. The lowest BCUT2D eigenvalue weighted by Gasteiger charge is -2.19. The van der Waals surface area contributed by atoms with E-state index in [9.17, 15) is 4.79 Å². The molecule has 1 aliphatic heterocycles. The lowest BCUT2D eigenvalue weighted by Crippen LogP contribution is -2.42. The van der Waals surface area contributed by atoms with Gasteiger partial charge in [0.1, 0.15) is 12.3 Å². The van der Waals surface area contributed by atoms with Crippen molar-refractivity contribution in [3.8, 4) is 5.75 Å². The van der Waals surface area contributed by atoms with Crippen LogP contribution in [0.4, 0.5) is 0 Å². The first kappa shape index (κ1) is 16.4. The number of hydrogen-bond donors (Lipinski definition) is 1. The fourth-order valence-corrected chi connectivity index (χ4v) is 2.58. The Labute approximate surface area is 140 Å². The van der Waals surface area contributed by atoms with Crippen LogP contribution in [0.25, 0.3) is 0 Å². The first-order valence-electron chi connectivity index (χ1n) is 8.06. The van der Waals surface area contributed by atoms with E-state index >= 15 is 0 Å². The van der Waals surface area contributed by atoms with Gasteiger partial charge in [-0.05, 0) is 37.1 Å². The van der Waals surface area contributed by atoms with E-state index in [1.54, 1.807) is 0 Å². The molecule has 0 bridgehead atoms. The number of nitrogens with zero attached hydrogens (tertiary/aromatic N) is 4. The molecule has 2 aromatic rings. The smallest absolute Gasteiger partial charge is 0.243 e. The highest BCUT2D eigenvalue weighted by atomic mass is 16.5. The minimum absolute atomic E-state index is 0.0232. The van der Waals surface area contributed by atoms with E-state index in [2.05, 4.69) is 20.7 Å². The third-order valence-corrected chi connectivity index (χ3v) is 3.80. The van der Waals surface area contributed by atoms with Gasteiger partial charge in [-0.2, -0.15) is 4.80 Å². The summed E-state index contributed by atoms with van der Waals surface area (Å²) in [6.07, 6.45) is 2.11. The summed E-state index contributed by atoms with van der Waals surface area (Å²) in [7, 11) is 0. The SMILES string of the molecule is C[C@@H](NC(=O)Cn1nnc(COc2ccccc2)n1)[C@@H]1CCCO1. The summed E-state index contributed by atoms with van der Waals surface area (Å²) in [6, 6.07) is 9.37. The Kier molecular flexibility index (Phi) is 5.37. The standard InChI is InChI=1S/C16H21N5O3/c1-12(14-8-5-9-23-14)17-16(22)10-21-19-15(18-20-21)11-24-13-6-3-2-4-7-13/h2-4,6-7,12,14H,5,8-11H2,1H3,(H,17,22)/t12-,14+/m1/s1. The molecule has 0 unspecified atom stereocenters. The van der Waals surface area contributed by atoms with E-state index in [1.807, 2.05) is 37.3 Å². The van der Waals surface area contributed by atoms with Crippen molar-refractivity contribution in [3.05, 3.63) is 36.2 Å². The van der Waals surface area contributed by atoms with Gasteiger partial charge < -0.3 is 14.8 Å². The van der Waals surface area contributed by atoms with E-state index in [0.717, 1.165) is 25.2 Å². The summed E-state index contributed by atoms with van der Waals surface area (Å²) >= 11 is 0. The van der Waals surface area contributed by atoms with E-state index in [1.165, 1.54) is 4.80 Å². The normalized spacial score (nSPS) is 18.3. The molecule has 1 N–H and O–H groups in total. The predicted octanol–water partition coefficient (Wildman–Crippen LogP) is 0.936. The lowest BCUT2D eigenvalue weighted by atomic mass is 10.1. The summed E-state index contributed by atoms with van der Waals surface area (Å²) in [5.41, 5.74) is 0.